The largest absolute Gasteiger partial charge is 0.381 e. The van der Waals surface area contributed by atoms with E-state index in [0.29, 0.717) is 10.5 Å². The number of aromatic nitrogens is 2. The molecule has 0 spiro atoms. The van der Waals surface area contributed by atoms with E-state index in [-0.39, 0.29) is 11.6 Å². The Labute approximate surface area is 116 Å². The van der Waals surface area contributed by atoms with Gasteiger partial charge in [-0.05, 0) is 29.8 Å². The van der Waals surface area contributed by atoms with Crippen LogP contribution >= 0.6 is 15.9 Å². The normalized spacial score (nSPS) is 11.3. The van der Waals surface area contributed by atoms with Crippen LogP contribution in [0.4, 0.5) is 5.69 Å². The third-order valence-electron chi connectivity index (χ3n) is 2.43. The van der Waals surface area contributed by atoms with Gasteiger partial charge < -0.3 is 10.6 Å². The number of nitrogens with zero attached hydrogens (tertiary/aromatic N) is 2. The lowest BCUT2D eigenvalue weighted by Crippen LogP contribution is -2.30. The Morgan fingerprint density at radius 3 is 2.56 bits per heavy atom. The topological polar surface area (TPSA) is 59.0 Å². The highest BCUT2D eigenvalue weighted by atomic mass is 79.9. The number of rotatable bonds is 6. The van der Waals surface area contributed by atoms with Crippen LogP contribution in [0.1, 0.15) is 33.7 Å². The Morgan fingerprint density at radius 1 is 1.33 bits per heavy atom. The number of nitrogens with one attached hydrogen (secondary N) is 2. The highest BCUT2D eigenvalue weighted by Gasteiger charge is 2.10. The zero-order chi connectivity index (χ0) is 13.7. The quantitative estimate of drug-likeness (QED) is 0.788. The summed E-state index contributed by atoms with van der Waals surface area (Å²) in [4.78, 5) is 12.0. The van der Waals surface area contributed by atoms with E-state index in [9.17, 15) is 4.79 Å². The maximum atomic E-state index is 12.0. The van der Waals surface area contributed by atoms with Crippen molar-refractivity contribution in [1.29, 1.82) is 0 Å². The molecule has 0 aliphatic rings. The van der Waals surface area contributed by atoms with Crippen LogP contribution in [0.2, 0.25) is 0 Å². The van der Waals surface area contributed by atoms with E-state index in [1.807, 2.05) is 13.8 Å². The third kappa shape index (κ3) is 4.10. The molecule has 5 nitrogen and oxygen atoms in total. The van der Waals surface area contributed by atoms with Gasteiger partial charge in [0.2, 0.25) is 0 Å². The summed E-state index contributed by atoms with van der Waals surface area (Å²) in [6.45, 7) is 9.66. The Kier molecular flexibility index (Phi) is 5.81. The molecule has 0 fully saturated rings. The fraction of sp³-hybridized carbons (Fsp3) is 0.667. The van der Waals surface area contributed by atoms with Gasteiger partial charge in [0.05, 0.1) is 17.9 Å². The minimum absolute atomic E-state index is 0.0606. The average Bonchev–Trinajstić information content (AvgIpc) is 2.29. The molecule has 1 rings (SSSR count). The number of anilines is 1. The van der Waals surface area contributed by atoms with E-state index in [1.165, 1.54) is 4.68 Å². The summed E-state index contributed by atoms with van der Waals surface area (Å²) in [6, 6.07) is 0.521. The van der Waals surface area contributed by atoms with E-state index in [2.05, 4.69) is 45.5 Å². The van der Waals surface area contributed by atoms with E-state index >= 15 is 0 Å². The van der Waals surface area contributed by atoms with Gasteiger partial charge in [-0.3, -0.25) is 4.79 Å². The van der Waals surface area contributed by atoms with Crippen molar-refractivity contribution in [2.75, 3.05) is 18.4 Å². The number of hydrogen-bond acceptors (Lipinski definition) is 4. The van der Waals surface area contributed by atoms with Crippen molar-refractivity contribution < 1.29 is 0 Å². The van der Waals surface area contributed by atoms with Crippen molar-refractivity contribution >= 4 is 21.6 Å². The molecule has 18 heavy (non-hydrogen) atoms. The minimum atomic E-state index is -0.105. The van der Waals surface area contributed by atoms with Crippen LogP contribution in [-0.2, 0) is 0 Å². The molecule has 2 N–H and O–H groups in total. The molecule has 0 radical (unpaired) electrons. The first kappa shape index (κ1) is 15.2. The summed E-state index contributed by atoms with van der Waals surface area (Å²) in [5, 5.41) is 10.6. The molecule has 0 saturated heterocycles. The smallest absolute Gasteiger partial charge is 0.283 e. The highest BCUT2D eigenvalue weighted by molar-refractivity contribution is 9.10. The third-order valence-corrected chi connectivity index (χ3v) is 3.19. The van der Waals surface area contributed by atoms with Crippen LogP contribution in [0.25, 0.3) is 0 Å². The van der Waals surface area contributed by atoms with Gasteiger partial charge in [-0.25, -0.2) is 4.68 Å². The first-order valence-corrected chi connectivity index (χ1v) is 6.97. The fourth-order valence-electron chi connectivity index (χ4n) is 1.49. The van der Waals surface area contributed by atoms with E-state index in [0.717, 1.165) is 18.8 Å². The van der Waals surface area contributed by atoms with Crippen molar-refractivity contribution in [3.05, 3.63) is 21.0 Å². The lowest BCUT2D eigenvalue weighted by atomic mass is 10.3. The van der Waals surface area contributed by atoms with Gasteiger partial charge in [0.15, 0.2) is 0 Å². The van der Waals surface area contributed by atoms with Crippen molar-refractivity contribution in [2.24, 2.45) is 0 Å². The van der Waals surface area contributed by atoms with Crippen molar-refractivity contribution in [3.63, 3.8) is 0 Å². The molecule has 0 aliphatic heterocycles. The van der Waals surface area contributed by atoms with Crippen LogP contribution < -0.4 is 16.2 Å². The second-order valence-electron chi connectivity index (χ2n) is 4.75. The van der Waals surface area contributed by atoms with Gasteiger partial charge in [-0.2, -0.15) is 5.10 Å². The molecule has 1 aromatic heterocycles. The van der Waals surface area contributed by atoms with Gasteiger partial charge in [0, 0.05) is 19.1 Å². The summed E-state index contributed by atoms with van der Waals surface area (Å²) in [5.74, 6) is 0. The molecule has 0 saturated carbocycles. The zero-order valence-corrected chi connectivity index (χ0v) is 12.9. The van der Waals surface area contributed by atoms with Gasteiger partial charge in [0.1, 0.15) is 4.47 Å². The molecule has 102 valence electrons. The highest BCUT2D eigenvalue weighted by Crippen LogP contribution is 2.16. The molecule has 1 heterocycles. The lowest BCUT2D eigenvalue weighted by Gasteiger charge is -2.13. The molecule has 0 unspecified atom stereocenters. The van der Waals surface area contributed by atoms with Crippen LogP contribution in [0.3, 0.4) is 0 Å². The van der Waals surface area contributed by atoms with Gasteiger partial charge >= 0.3 is 0 Å². The summed E-state index contributed by atoms with van der Waals surface area (Å²) < 4.78 is 2.00. The monoisotopic (exact) mass is 316 g/mol. The predicted molar refractivity (Wildman–Crippen MR) is 78.2 cm³/mol. The fourth-order valence-corrected chi connectivity index (χ4v) is 1.92. The Bertz CT molecular complexity index is 442. The van der Waals surface area contributed by atoms with E-state index in [1.54, 1.807) is 6.20 Å². The van der Waals surface area contributed by atoms with Crippen molar-refractivity contribution in [1.82, 2.24) is 15.1 Å². The second kappa shape index (κ2) is 6.89. The van der Waals surface area contributed by atoms with Gasteiger partial charge in [0.25, 0.3) is 5.56 Å². The standard InChI is InChI=1S/C12H21BrN4O/c1-8(2)14-5-6-15-10-7-16-17(9(3)4)12(18)11(10)13/h7-9,14-15H,5-6H2,1-4H3. The maximum Gasteiger partial charge on any atom is 0.283 e. The second-order valence-corrected chi connectivity index (χ2v) is 5.54. The van der Waals surface area contributed by atoms with E-state index < -0.39 is 0 Å². The summed E-state index contributed by atoms with van der Waals surface area (Å²) in [5.41, 5.74) is 0.634. The SMILES string of the molecule is CC(C)NCCNc1cnn(C(C)C)c(=O)c1Br. The Hall–Kier alpha value is -0.880. The lowest BCUT2D eigenvalue weighted by molar-refractivity contribution is 0.501. The molecule has 0 aromatic carbocycles. The maximum absolute atomic E-state index is 12.0. The van der Waals surface area contributed by atoms with Gasteiger partial charge in [-0.15, -0.1) is 0 Å². The average molecular weight is 317 g/mol. The summed E-state index contributed by atoms with van der Waals surface area (Å²) in [7, 11) is 0. The minimum Gasteiger partial charge on any atom is -0.381 e. The van der Waals surface area contributed by atoms with Crippen molar-refractivity contribution in [3.8, 4) is 0 Å². The molecular formula is C12H21BrN4O. The molecule has 0 amide bonds. The first-order valence-electron chi connectivity index (χ1n) is 6.18. The van der Waals surface area contributed by atoms with Gasteiger partial charge in [-0.1, -0.05) is 13.8 Å². The Morgan fingerprint density at radius 2 is 2.00 bits per heavy atom. The molecule has 0 bridgehead atoms. The molecular weight excluding hydrogens is 296 g/mol. The summed E-state index contributed by atoms with van der Waals surface area (Å²) >= 11 is 3.32. The summed E-state index contributed by atoms with van der Waals surface area (Å²) in [6.07, 6.45) is 1.68. The molecule has 0 atom stereocenters. The zero-order valence-electron chi connectivity index (χ0n) is 11.3. The van der Waals surface area contributed by atoms with Crippen LogP contribution in [0.5, 0.6) is 0 Å². The number of halogens is 1. The van der Waals surface area contributed by atoms with E-state index in [4.69, 9.17) is 0 Å². The van der Waals surface area contributed by atoms with Crippen LogP contribution in [0.15, 0.2) is 15.5 Å². The molecule has 6 heteroatoms. The van der Waals surface area contributed by atoms with Crippen molar-refractivity contribution in [2.45, 2.75) is 39.8 Å². The van der Waals surface area contributed by atoms with Crippen LogP contribution in [0, 0.1) is 0 Å². The molecule has 1 aromatic rings. The van der Waals surface area contributed by atoms with Crippen LogP contribution in [-0.4, -0.2) is 28.9 Å². The Balaban J connectivity index is 2.68. The number of hydrogen-bond donors (Lipinski definition) is 2. The predicted octanol–water partition coefficient (Wildman–Crippen LogP) is 2.00. The molecule has 0 aliphatic carbocycles. The first-order chi connectivity index (χ1) is 8.43.